The molecule has 3 rings (SSSR count). The second kappa shape index (κ2) is 5.77. The summed E-state index contributed by atoms with van der Waals surface area (Å²) >= 11 is 1.48. The Morgan fingerprint density at radius 2 is 2.10 bits per heavy atom. The van der Waals surface area contributed by atoms with E-state index in [1.165, 1.54) is 18.2 Å². The summed E-state index contributed by atoms with van der Waals surface area (Å²) in [7, 11) is 0. The van der Waals surface area contributed by atoms with Gasteiger partial charge in [-0.1, -0.05) is 6.42 Å². The molecule has 0 aliphatic carbocycles. The maximum atomic E-state index is 11.1. The maximum Gasteiger partial charge on any atom is 0.248 e. The Hall–Kier alpha value is -2.02. The molecule has 7 heteroatoms. The molecule has 6 nitrogen and oxygen atoms in total. The number of amides is 1. The molecule has 1 aromatic heterocycles. The van der Waals surface area contributed by atoms with E-state index in [0.29, 0.717) is 11.3 Å². The van der Waals surface area contributed by atoms with Crippen molar-refractivity contribution in [1.29, 1.82) is 0 Å². The molecular weight excluding hydrogens is 286 g/mol. The normalized spacial score (nSPS) is 14.5. The van der Waals surface area contributed by atoms with Crippen LogP contribution in [0.5, 0.6) is 0 Å². The predicted octanol–water partition coefficient (Wildman–Crippen LogP) is 1.84. The van der Waals surface area contributed by atoms with Crippen molar-refractivity contribution in [3.63, 3.8) is 0 Å². The average Bonchev–Trinajstić information content (AvgIpc) is 2.69. The van der Waals surface area contributed by atoms with Crippen LogP contribution in [0.15, 0.2) is 28.3 Å². The van der Waals surface area contributed by atoms with Crippen LogP contribution < -0.4 is 11.5 Å². The molecule has 21 heavy (non-hydrogen) atoms. The zero-order chi connectivity index (χ0) is 14.8. The lowest BCUT2D eigenvalue weighted by atomic mass is 10.2. The minimum Gasteiger partial charge on any atom is -0.398 e. The van der Waals surface area contributed by atoms with Gasteiger partial charge in [-0.3, -0.25) is 4.79 Å². The molecule has 1 aliphatic rings. The zero-order valence-corrected chi connectivity index (χ0v) is 12.4. The number of rotatable bonds is 3. The molecule has 0 unspecified atom stereocenters. The monoisotopic (exact) mass is 303 g/mol. The summed E-state index contributed by atoms with van der Waals surface area (Å²) in [6.07, 6.45) is 4.51. The van der Waals surface area contributed by atoms with E-state index in [9.17, 15) is 4.79 Å². The number of nitrogen functional groups attached to an aromatic ring is 1. The van der Waals surface area contributed by atoms with Crippen molar-refractivity contribution >= 4 is 23.4 Å². The van der Waals surface area contributed by atoms with E-state index in [-0.39, 0.29) is 0 Å². The van der Waals surface area contributed by atoms with Gasteiger partial charge >= 0.3 is 0 Å². The van der Waals surface area contributed by atoms with E-state index in [1.54, 1.807) is 18.2 Å². The molecule has 0 fully saturated rings. The highest BCUT2D eigenvalue weighted by atomic mass is 32.2. The molecule has 4 N–H and O–H groups in total. The molecular formula is C14H17N5OS. The van der Waals surface area contributed by atoms with Gasteiger partial charge in [-0.05, 0) is 42.8 Å². The number of aryl methyl sites for hydroxylation is 1. The van der Waals surface area contributed by atoms with E-state index >= 15 is 0 Å². The van der Waals surface area contributed by atoms with Crippen molar-refractivity contribution in [3.05, 3.63) is 29.6 Å². The summed E-state index contributed by atoms with van der Waals surface area (Å²) in [6.45, 7) is 0.948. The number of anilines is 1. The van der Waals surface area contributed by atoms with Gasteiger partial charge in [0.15, 0.2) is 5.16 Å². The molecule has 0 bridgehead atoms. The highest BCUT2D eigenvalue weighted by molar-refractivity contribution is 7.99. The number of carbonyl (C=O) groups excluding carboxylic acids is 1. The topological polar surface area (TPSA) is 99.8 Å². The lowest BCUT2D eigenvalue weighted by Crippen LogP contribution is -2.11. The lowest BCUT2D eigenvalue weighted by Gasteiger charge is -2.08. The van der Waals surface area contributed by atoms with Gasteiger partial charge in [0.25, 0.3) is 0 Å². The van der Waals surface area contributed by atoms with Crippen LogP contribution in [0.2, 0.25) is 0 Å². The number of hydrogen-bond acceptors (Lipinski definition) is 5. The molecule has 0 atom stereocenters. The average molecular weight is 303 g/mol. The number of fused-ring (bicyclic) bond motifs is 1. The van der Waals surface area contributed by atoms with Crippen LogP contribution >= 0.6 is 11.8 Å². The van der Waals surface area contributed by atoms with E-state index in [2.05, 4.69) is 14.8 Å². The van der Waals surface area contributed by atoms with Gasteiger partial charge in [-0.15, -0.1) is 10.2 Å². The smallest absolute Gasteiger partial charge is 0.248 e. The van der Waals surface area contributed by atoms with Crippen LogP contribution in [0, 0.1) is 0 Å². The van der Waals surface area contributed by atoms with Gasteiger partial charge in [0.2, 0.25) is 5.91 Å². The Bertz CT molecular complexity index is 682. The van der Waals surface area contributed by atoms with E-state index in [1.807, 2.05) is 0 Å². The van der Waals surface area contributed by atoms with Gasteiger partial charge in [-0.2, -0.15) is 0 Å². The first-order chi connectivity index (χ1) is 10.1. The van der Waals surface area contributed by atoms with Gasteiger partial charge in [0.05, 0.1) is 0 Å². The number of benzene rings is 1. The lowest BCUT2D eigenvalue weighted by molar-refractivity contribution is 0.100. The third kappa shape index (κ3) is 2.87. The summed E-state index contributed by atoms with van der Waals surface area (Å²) in [6, 6.07) is 5.09. The number of nitrogens with zero attached hydrogens (tertiary/aromatic N) is 3. The fourth-order valence-electron chi connectivity index (χ4n) is 2.43. The molecule has 0 spiro atoms. The molecule has 0 radical (unpaired) electrons. The zero-order valence-electron chi connectivity index (χ0n) is 11.6. The van der Waals surface area contributed by atoms with Crippen molar-refractivity contribution in [2.24, 2.45) is 5.73 Å². The number of aromatic nitrogens is 3. The molecule has 0 saturated heterocycles. The Labute approximate surface area is 126 Å². The number of carbonyl (C=O) groups is 1. The minimum absolute atomic E-state index is 0.414. The van der Waals surface area contributed by atoms with Crippen LogP contribution in [0.1, 0.15) is 35.4 Å². The fourth-order valence-corrected chi connectivity index (χ4v) is 3.32. The predicted molar refractivity (Wildman–Crippen MR) is 81.1 cm³/mol. The quantitative estimate of drug-likeness (QED) is 0.843. The highest BCUT2D eigenvalue weighted by Gasteiger charge is 2.16. The number of hydrogen-bond donors (Lipinski definition) is 2. The van der Waals surface area contributed by atoms with Gasteiger partial charge in [0, 0.05) is 29.1 Å². The molecule has 2 heterocycles. The maximum absolute atomic E-state index is 11.1. The van der Waals surface area contributed by atoms with Crippen molar-refractivity contribution in [2.45, 2.75) is 42.3 Å². The molecule has 110 valence electrons. The van der Waals surface area contributed by atoms with Crippen LogP contribution in [0.3, 0.4) is 0 Å². The van der Waals surface area contributed by atoms with Crippen molar-refractivity contribution in [2.75, 3.05) is 5.73 Å². The Morgan fingerprint density at radius 3 is 2.86 bits per heavy atom. The highest BCUT2D eigenvalue weighted by Crippen LogP contribution is 2.32. The molecule has 1 amide bonds. The van der Waals surface area contributed by atoms with Crippen LogP contribution in [0.4, 0.5) is 5.69 Å². The SMILES string of the molecule is NC(=O)c1ccc(Sc2nnc3n2CCCCC3)c(N)c1. The molecule has 1 aliphatic heterocycles. The van der Waals surface area contributed by atoms with Crippen LogP contribution in [0.25, 0.3) is 0 Å². The molecule has 2 aromatic rings. The fraction of sp³-hybridized carbons (Fsp3) is 0.357. The Morgan fingerprint density at radius 1 is 1.24 bits per heavy atom. The van der Waals surface area contributed by atoms with E-state index in [4.69, 9.17) is 11.5 Å². The third-order valence-electron chi connectivity index (χ3n) is 3.57. The van der Waals surface area contributed by atoms with Gasteiger partial charge in [0.1, 0.15) is 5.82 Å². The standard InChI is InChI=1S/C14H17N5OS/c15-10-8-9(13(16)20)5-6-11(10)21-14-18-17-12-4-2-1-3-7-19(12)14/h5-6,8H,1-4,7,15H2,(H2,16,20). The second-order valence-electron chi connectivity index (χ2n) is 5.08. The molecule has 1 aromatic carbocycles. The summed E-state index contributed by atoms with van der Waals surface area (Å²) in [5.74, 6) is 0.567. The van der Waals surface area contributed by atoms with E-state index in [0.717, 1.165) is 41.7 Å². The summed E-state index contributed by atoms with van der Waals surface area (Å²) in [5.41, 5.74) is 12.2. The van der Waals surface area contributed by atoms with Gasteiger partial charge < -0.3 is 16.0 Å². The third-order valence-corrected chi connectivity index (χ3v) is 4.65. The number of nitrogens with two attached hydrogens (primary N) is 2. The Kier molecular flexibility index (Phi) is 3.83. The minimum atomic E-state index is -0.477. The van der Waals surface area contributed by atoms with Crippen molar-refractivity contribution in [1.82, 2.24) is 14.8 Å². The first-order valence-electron chi connectivity index (χ1n) is 6.94. The van der Waals surface area contributed by atoms with Crippen molar-refractivity contribution in [3.8, 4) is 0 Å². The summed E-state index contributed by atoms with van der Waals surface area (Å²) < 4.78 is 2.17. The second-order valence-corrected chi connectivity index (χ2v) is 6.09. The Balaban J connectivity index is 1.87. The van der Waals surface area contributed by atoms with Crippen LogP contribution in [-0.2, 0) is 13.0 Å². The van der Waals surface area contributed by atoms with Crippen LogP contribution in [-0.4, -0.2) is 20.7 Å². The summed E-state index contributed by atoms with van der Waals surface area (Å²) in [5, 5.41) is 9.38. The van der Waals surface area contributed by atoms with E-state index < -0.39 is 5.91 Å². The largest absolute Gasteiger partial charge is 0.398 e. The molecule has 0 saturated carbocycles. The van der Waals surface area contributed by atoms with Gasteiger partial charge in [-0.25, -0.2) is 0 Å². The number of primary amides is 1. The summed E-state index contributed by atoms with van der Waals surface area (Å²) in [4.78, 5) is 12.0. The first-order valence-corrected chi connectivity index (χ1v) is 7.76. The first kappa shape index (κ1) is 13.9. The van der Waals surface area contributed by atoms with Crippen molar-refractivity contribution < 1.29 is 4.79 Å².